The minimum atomic E-state index is -1.59. The summed E-state index contributed by atoms with van der Waals surface area (Å²) in [5.74, 6) is -1.59. The van der Waals surface area contributed by atoms with Crippen molar-refractivity contribution in [3.8, 4) is 0 Å². The van der Waals surface area contributed by atoms with Crippen LogP contribution in [0.4, 0.5) is 0 Å². The summed E-state index contributed by atoms with van der Waals surface area (Å²) in [6, 6.07) is 19.1. The lowest BCUT2D eigenvalue weighted by Gasteiger charge is -2.28. The number of aliphatic hydroxyl groups excluding tert-OH is 3. The number of hydrogen-bond donors (Lipinski definition) is 4. The number of aliphatic hydroxyl groups is 4. The van der Waals surface area contributed by atoms with E-state index in [-0.39, 0.29) is 26.4 Å². The van der Waals surface area contributed by atoms with Gasteiger partial charge in [-0.25, -0.2) is 0 Å². The maximum absolute atomic E-state index is 11.2. The van der Waals surface area contributed by atoms with E-state index in [1.807, 2.05) is 48.5 Å². The van der Waals surface area contributed by atoms with Gasteiger partial charge in [0, 0.05) is 11.1 Å². The summed E-state index contributed by atoms with van der Waals surface area (Å²) in [6.45, 7) is 1.69. The Bertz CT molecular complexity index is 1380. The molecule has 2 unspecified atom stereocenters. The van der Waals surface area contributed by atoms with Crippen molar-refractivity contribution >= 4 is 21.5 Å². The Balaban J connectivity index is 1.63. The van der Waals surface area contributed by atoms with Gasteiger partial charge in [0.05, 0.1) is 26.4 Å². The van der Waals surface area contributed by atoms with Crippen molar-refractivity contribution in [2.45, 2.75) is 45.1 Å². The van der Waals surface area contributed by atoms with Crippen molar-refractivity contribution in [3.05, 3.63) is 94.0 Å². The summed E-state index contributed by atoms with van der Waals surface area (Å²) in [5, 5.41) is 45.8. The fourth-order valence-corrected chi connectivity index (χ4v) is 5.16. The molecule has 6 heteroatoms. The summed E-state index contributed by atoms with van der Waals surface area (Å²) < 4.78 is 11.8. The first-order valence-electron chi connectivity index (χ1n) is 11.9. The topological polar surface area (TPSA) is 99.4 Å². The maximum atomic E-state index is 11.2. The van der Waals surface area contributed by atoms with Crippen LogP contribution in [0, 0.1) is 0 Å². The molecule has 8 bridgehead atoms. The molecule has 35 heavy (non-hydrogen) atoms. The molecule has 0 amide bonds. The van der Waals surface area contributed by atoms with E-state index in [2.05, 4.69) is 6.07 Å². The molecule has 4 aliphatic rings. The van der Waals surface area contributed by atoms with Crippen LogP contribution in [0.15, 0.2) is 60.7 Å². The standard InChI is InChI=1S/C29H30O6/c1-29(33)27-10-9-23-22(20(16-30)6-8-24(23)26(27)17-31)12-13-34-28(32)25-4-2-3-19-15-18(11-14-35-29)5-7-21(19)25/h2-10,15,28,30-33H,11-14,16-17H2,1H3. The van der Waals surface area contributed by atoms with Gasteiger partial charge in [-0.05, 0) is 63.6 Å². The monoisotopic (exact) mass is 474 g/mol. The second kappa shape index (κ2) is 9.66. The molecule has 2 atom stereocenters. The zero-order valence-corrected chi connectivity index (χ0v) is 19.7. The van der Waals surface area contributed by atoms with Crippen LogP contribution in [0.5, 0.6) is 0 Å². The van der Waals surface area contributed by atoms with Crippen LogP contribution in [-0.4, -0.2) is 33.6 Å². The first-order chi connectivity index (χ1) is 16.9. The van der Waals surface area contributed by atoms with Crippen LogP contribution in [0.2, 0.25) is 0 Å². The van der Waals surface area contributed by atoms with Gasteiger partial charge in [0.15, 0.2) is 12.1 Å². The SMILES string of the molecule is CC1(O)OCCc2ccc3c(cccc3c2)C(O)OCCc2c(CO)ccc3c(CO)c1ccc23. The Morgan fingerprint density at radius 3 is 2.49 bits per heavy atom. The second-order valence-corrected chi connectivity index (χ2v) is 9.16. The minimum Gasteiger partial charge on any atom is -0.392 e. The van der Waals surface area contributed by atoms with Crippen LogP contribution in [-0.2, 0) is 41.3 Å². The molecule has 0 radical (unpaired) electrons. The van der Waals surface area contributed by atoms with Gasteiger partial charge in [-0.1, -0.05) is 60.7 Å². The van der Waals surface area contributed by atoms with Gasteiger partial charge >= 0.3 is 0 Å². The van der Waals surface area contributed by atoms with Gasteiger partial charge in [-0.3, -0.25) is 0 Å². The van der Waals surface area contributed by atoms with E-state index in [0.717, 1.165) is 38.2 Å². The molecule has 4 heterocycles. The van der Waals surface area contributed by atoms with Crippen molar-refractivity contribution < 1.29 is 29.9 Å². The van der Waals surface area contributed by atoms with E-state index in [9.17, 15) is 20.4 Å². The average Bonchev–Trinajstić information content (AvgIpc) is 2.86. The Kier molecular flexibility index (Phi) is 6.59. The predicted octanol–water partition coefficient (Wildman–Crippen LogP) is 3.97. The molecule has 0 saturated heterocycles. The number of hydrogen-bond acceptors (Lipinski definition) is 6. The van der Waals surface area contributed by atoms with E-state index in [1.165, 1.54) is 0 Å². The minimum absolute atomic E-state index is 0.142. The Morgan fingerprint density at radius 1 is 0.886 bits per heavy atom. The molecule has 4 N–H and O–H groups in total. The van der Waals surface area contributed by atoms with Crippen molar-refractivity contribution in [1.82, 2.24) is 0 Å². The third-order valence-corrected chi connectivity index (χ3v) is 7.00. The molecule has 0 aromatic heterocycles. The first-order valence-corrected chi connectivity index (χ1v) is 11.9. The zero-order chi connectivity index (χ0) is 24.6. The van der Waals surface area contributed by atoms with E-state index >= 15 is 0 Å². The largest absolute Gasteiger partial charge is 0.392 e. The highest BCUT2D eigenvalue weighted by atomic mass is 16.6. The smallest absolute Gasteiger partial charge is 0.189 e. The molecular weight excluding hydrogens is 444 g/mol. The predicted molar refractivity (Wildman–Crippen MR) is 134 cm³/mol. The van der Waals surface area contributed by atoms with E-state index in [0.29, 0.717) is 29.5 Å². The third-order valence-electron chi connectivity index (χ3n) is 7.00. The van der Waals surface area contributed by atoms with Gasteiger partial charge in [0.2, 0.25) is 0 Å². The molecule has 6 nitrogen and oxygen atoms in total. The quantitative estimate of drug-likeness (QED) is 0.351. The lowest BCUT2D eigenvalue weighted by Crippen LogP contribution is -2.28. The van der Waals surface area contributed by atoms with Gasteiger partial charge in [-0.15, -0.1) is 0 Å². The number of benzene rings is 4. The molecule has 8 rings (SSSR count). The number of rotatable bonds is 2. The Hall–Kier alpha value is -2.84. The highest BCUT2D eigenvalue weighted by Crippen LogP contribution is 2.35. The molecule has 0 fully saturated rings. The van der Waals surface area contributed by atoms with E-state index in [1.54, 1.807) is 13.0 Å². The fourth-order valence-electron chi connectivity index (χ4n) is 5.16. The lowest BCUT2D eigenvalue weighted by atomic mass is 9.90. The molecular formula is C29H30O6. The summed E-state index contributed by atoms with van der Waals surface area (Å²) in [4.78, 5) is 0. The van der Waals surface area contributed by atoms with Crippen LogP contribution in [0.25, 0.3) is 21.5 Å². The molecule has 0 spiro atoms. The van der Waals surface area contributed by atoms with E-state index < -0.39 is 12.1 Å². The molecule has 182 valence electrons. The average molecular weight is 475 g/mol. The summed E-state index contributed by atoms with van der Waals surface area (Å²) >= 11 is 0. The summed E-state index contributed by atoms with van der Waals surface area (Å²) in [7, 11) is 0. The lowest BCUT2D eigenvalue weighted by molar-refractivity contribution is -0.198. The summed E-state index contributed by atoms with van der Waals surface area (Å²) in [6.07, 6.45) is -0.0494. The molecule has 4 aromatic carbocycles. The fraction of sp³-hybridized carbons (Fsp3) is 0.310. The van der Waals surface area contributed by atoms with Gasteiger partial charge < -0.3 is 29.9 Å². The highest BCUT2D eigenvalue weighted by Gasteiger charge is 2.28. The van der Waals surface area contributed by atoms with Crippen molar-refractivity contribution in [2.24, 2.45) is 0 Å². The molecule has 0 saturated carbocycles. The van der Waals surface area contributed by atoms with Gasteiger partial charge in [-0.2, -0.15) is 0 Å². The Labute approximate surface area is 204 Å². The normalized spacial score (nSPS) is 21.2. The van der Waals surface area contributed by atoms with Crippen LogP contribution in [0.3, 0.4) is 0 Å². The highest BCUT2D eigenvalue weighted by molar-refractivity contribution is 5.91. The molecule has 4 aromatic rings. The summed E-state index contributed by atoms with van der Waals surface area (Å²) in [5.41, 5.74) is 4.46. The Morgan fingerprint density at radius 2 is 1.69 bits per heavy atom. The van der Waals surface area contributed by atoms with Crippen molar-refractivity contribution in [3.63, 3.8) is 0 Å². The van der Waals surface area contributed by atoms with Crippen molar-refractivity contribution in [2.75, 3.05) is 13.2 Å². The molecule has 0 aliphatic carbocycles. The van der Waals surface area contributed by atoms with Gasteiger partial charge in [0.1, 0.15) is 0 Å². The van der Waals surface area contributed by atoms with Crippen LogP contribution >= 0.6 is 0 Å². The van der Waals surface area contributed by atoms with E-state index in [4.69, 9.17) is 9.47 Å². The first kappa shape index (κ1) is 23.9. The zero-order valence-electron chi connectivity index (χ0n) is 19.7. The van der Waals surface area contributed by atoms with Crippen molar-refractivity contribution in [1.29, 1.82) is 0 Å². The maximum Gasteiger partial charge on any atom is 0.189 e. The molecule has 4 aliphatic heterocycles. The van der Waals surface area contributed by atoms with Gasteiger partial charge in [0.25, 0.3) is 0 Å². The second-order valence-electron chi connectivity index (χ2n) is 9.16. The third kappa shape index (κ3) is 4.45. The van der Waals surface area contributed by atoms with Crippen LogP contribution < -0.4 is 0 Å². The van der Waals surface area contributed by atoms with Crippen LogP contribution in [0.1, 0.15) is 46.6 Å². The number of ether oxygens (including phenoxy) is 2.